The summed E-state index contributed by atoms with van der Waals surface area (Å²) in [6.07, 6.45) is -2.36. The summed E-state index contributed by atoms with van der Waals surface area (Å²) in [4.78, 5) is 2.33. The number of hydrogen-bond acceptors (Lipinski definition) is 3. The zero-order chi connectivity index (χ0) is 12.0. The first-order valence-corrected chi connectivity index (χ1v) is 5.92. The molecule has 1 saturated heterocycles. The Morgan fingerprint density at radius 2 is 2.19 bits per heavy atom. The first kappa shape index (κ1) is 13.8. The molecule has 0 aromatic heterocycles. The van der Waals surface area contributed by atoms with Crippen LogP contribution < -0.4 is 5.32 Å². The van der Waals surface area contributed by atoms with Crippen LogP contribution in [0.2, 0.25) is 0 Å². The van der Waals surface area contributed by atoms with Crippen molar-refractivity contribution in [3.05, 3.63) is 0 Å². The Labute approximate surface area is 96.1 Å². The van der Waals surface area contributed by atoms with Crippen LogP contribution >= 0.6 is 0 Å². The van der Waals surface area contributed by atoms with E-state index in [1.54, 1.807) is 0 Å². The molecule has 0 radical (unpaired) electrons. The van der Waals surface area contributed by atoms with Gasteiger partial charge in [-0.05, 0) is 5.92 Å². The van der Waals surface area contributed by atoms with E-state index in [2.05, 4.69) is 24.1 Å². The zero-order valence-corrected chi connectivity index (χ0v) is 10.1. The first-order valence-electron chi connectivity index (χ1n) is 5.92. The second kappa shape index (κ2) is 7.14. The maximum atomic E-state index is 11.9. The monoisotopic (exact) mass is 236 g/mol. The van der Waals surface area contributed by atoms with Crippen molar-refractivity contribution in [3.63, 3.8) is 0 Å². The molecule has 1 N–H and O–H groups in total. The number of nitrogens with one attached hydrogen (secondary N) is 1. The molecule has 0 bridgehead atoms. The molecule has 1 atom stereocenters. The van der Waals surface area contributed by atoms with Crippen LogP contribution in [0.4, 0.5) is 8.78 Å². The largest absolute Gasteiger partial charge is 0.374 e. The topological polar surface area (TPSA) is 24.5 Å². The van der Waals surface area contributed by atoms with E-state index in [9.17, 15) is 8.78 Å². The maximum absolute atomic E-state index is 11.9. The average molecular weight is 236 g/mol. The molecule has 16 heavy (non-hydrogen) atoms. The molecule has 1 fully saturated rings. The van der Waals surface area contributed by atoms with E-state index in [-0.39, 0.29) is 0 Å². The van der Waals surface area contributed by atoms with Crippen molar-refractivity contribution < 1.29 is 13.5 Å². The Bertz CT molecular complexity index is 191. The third-order valence-corrected chi connectivity index (χ3v) is 2.93. The van der Waals surface area contributed by atoms with E-state index in [4.69, 9.17) is 4.74 Å². The van der Waals surface area contributed by atoms with Gasteiger partial charge in [0.2, 0.25) is 0 Å². The van der Waals surface area contributed by atoms with E-state index < -0.39 is 13.0 Å². The molecule has 1 aliphatic heterocycles. The van der Waals surface area contributed by atoms with Crippen molar-refractivity contribution in [1.82, 2.24) is 10.2 Å². The molecule has 0 spiro atoms. The molecular formula is C11H22F2N2O. The molecule has 1 unspecified atom stereocenters. The highest BCUT2D eigenvalue weighted by Crippen LogP contribution is 2.12. The van der Waals surface area contributed by atoms with Crippen LogP contribution in [-0.4, -0.2) is 56.8 Å². The number of alkyl halides is 2. The molecular weight excluding hydrogens is 214 g/mol. The third kappa shape index (κ3) is 4.72. The Hall–Kier alpha value is -0.260. The smallest absolute Gasteiger partial charge is 0.261 e. The van der Waals surface area contributed by atoms with E-state index in [1.807, 2.05) is 0 Å². The van der Waals surface area contributed by atoms with Crippen molar-refractivity contribution in [2.75, 3.05) is 39.4 Å². The molecule has 3 nitrogen and oxygen atoms in total. The highest BCUT2D eigenvalue weighted by atomic mass is 19.3. The zero-order valence-electron chi connectivity index (χ0n) is 10.1. The van der Waals surface area contributed by atoms with Gasteiger partial charge in [0.25, 0.3) is 6.43 Å². The van der Waals surface area contributed by atoms with Crippen molar-refractivity contribution in [2.45, 2.75) is 26.3 Å². The minimum absolute atomic E-state index is 0.396. The third-order valence-electron chi connectivity index (χ3n) is 2.93. The van der Waals surface area contributed by atoms with E-state index in [0.717, 1.165) is 26.2 Å². The summed E-state index contributed by atoms with van der Waals surface area (Å²) in [5.74, 6) is 0.572. The van der Waals surface area contributed by atoms with Crippen LogP contribution in [-0.2, 0) is 4.74 Å². The quantitative estimate of drug-likeness (QED) is 0.701. The van der Waals surface area contributed by atoms with E-state index in [0.29, 0.717) is 18.6 Å². The molecule has 5 heteroatoms. The summed E-state index contributed by atoms with van der Waals surface area (Å²) >= 11 is 0. The molecule has 0 aromatic carbocycles. The minimum atomic E-state index is -2.36. The summed E-state index contributed by atoms with van der Waals surface area (Å²) in [6.45, 7) is 7.99. The van der Waals surface area contributed by atoms with Gasteiger partial charge in [0.15, 0.2) is 0 Å². The molecule has 0 saturated carbocycles. The van der Waals surface area contributed by atoms with Crippen LogP contribution in [0.25, 0.3) is 0 Å². The lowest BCUT2D eigenvalue weighted by atomic mass is 10.0. The standard InChI is InChI=1S/C11H22F2N2O/c1-9(2)10-7-14-3-4-15(10)5-6-16-8-11(12)13/h9-11,14H,3-8H2,1-2H3. The van der Waals surface area contributed by atoms with Crippen LogP contribution in [0.15, 0.2) is 0 Å². The fraction of sp³-hybridized carbons (Fsp3) is 1.00. The van der Waals surface area contributed by atoms with Gasteiger partial charge in [-0.3, -0.25) is 4.90 Å². The number of hydrogen-bond donors (Lipinski definition) is 1. The Morgan fingerprint density at radius 1 is 1.44 bits per heavy atom. The number of rotatable bonds is 6. The van der Waals surface area contributed by atoms with Gasteiger partial charge in [-0.15, -0.1) is 0 Å². The molecule has 96 valence electrons. The fourth-order valence-corrected chi connectivity index (χ4v) is 2.06. The lowest BCUT2D eigenvalue weighted by molar-refractivity contribution is 0.000809. The van der Waals surface area contributed by atoms with Gasteiger partial charge in [0.1, 0.15) is 6.61 Å². The molecule has 1 aliphatic rings. The van der Waals surface area contributed by atoms with Gasteiger partial charge < -0.3 is 10.1 Å². The van der Waals surface area contributed by atoms with E-state index >= 15 is 0 Å². The van der Waals surface area contributed by atoms with E-state index in [1.165, 1.54) is 0 Å². The van der Waals surface area contributed by atoms with Gasteiger partial charge in [-0.25, -0.2) is 8.78 Å². The summed E-state index contributed by atoms with van der Waals surface area (Å²) < 4.78 is 28.6. The van der Waals surface area contributed by atoms with Crippen LogP contribution in [0, 0.1) is 5.92 Å². The van der Waals surface area contributed by atoms with Crippen molar-refractivity contribution >= 4 is 0 Å². The lowest BCUT2D eigenvalue weighted by Crippen LogP contribution is -2.54. The summed E-state index contributed by atoms with van der Waals surface area (Å²) in [7, 11) is 0. The average Bonchev–Trinajstić information content (AvgIpc) is 2.24. The maximum Gasteiger partial charge on any atom is 0.261 e. The molecule has 1 heterocycles. The Morgan fingerprint density at radius 3 is 2.81 bits per heavy atom. The minimum Gasteiger partial charge on any atom is -0.374 e. The first-order chi connectivity index (χ1) is 7.61. The van der Waals surface area contributed by atoms with Crippen molar-refractivity contribution in [3.8, 4) is 0 Å². The second-order valence-electron chi connectivity index (χ2n) is 4.52. The van der Waals surface area contributed by atoms with Gasteiger partial charge in [-0.2, -0.15) is 0 Å². The number of ether oxygens (including phenoxy) is 1. The summed E-state index contributed by atoms with van der Waals surface area (Å²) in [6, 6.07) is 0.490. The Balaban J connectivity index is 2.22. The van der Waals surface area contributed by atoms with Crippen molar-refractivity contribution in [2.24, 2.45) is 5.92 Å². The van der Waals surface area contributed by atoms with Gasteiger partial charge in [0, 0.05) is 32.2 Å². The van der Waals surface area contributed by atoms with Gasteiger partial charge in [-0.1, -0.05) is 13.8 Å². The van der Waals surface area contributed by atoms with Crippen LogP contribution in [0.5, 0.6) is 0 Å². The number of halogens is 2. The normalized spacial score (nSPS) is 23.2. The second-order valence-corrected chi connectivity index (χ2v) is 4.52. The van der Waals surface area contributed by atoms with Gasteiger partial charge >= 0.3 is 0 Å². The fourth-order valence-electron chi connectivity index (χ4n) is 2.06. The highest BCUT2D eigenvalue weighted by Gasteiger charge is 2.24. The molecule has 0 aliphatic carbocycles. The number of nitrogens with zero attached hydrogens (tertiary/aromatic N) is 1. The Kier molecular flexibility index (Phi) is 6.16. The predicted octanol–water partition coefficient (Wildman–Crippen LogP) is 1.20. The predicted molar refractivity (Wildman–Crippen MR) is 59.9 cm³/mol. The van der Waals surface area contributed by atoms with Crippen LogP contribution in [0.1, 0.15) is 13.8 Å². The van der Waals surface area contributed by atoms with Crippen LogP contribution in [0.3, 0.4) is 0 Å². The highest BCUT2D eigenvalue weighted by molar-refractivity contribution is 4.81. The van der Waals surface area contributed by atoms with Crippen molar-refractivity contribution in [1.29, 1.82) is 0 Å². The molecule has 0 amide bonds. The summed E-state index contributed by atoms with van der Waals surface area (Å²) in [5, 5.41) is 3.35. The molecule has 0 aromatic rings. The summed E-state index contributed by atoms with van der Waals surface area (Å²) in [5.41, 5.74) is 0. The lowest BCUT2D eigenvalue weighted by Gasteiger charge is -2.38. The number of piperazine rings is 1. The van der Waals surface area contributed by atoms with Gasteiger partial charge in [0.05, 0.1) is 6.61 Å². The SMILES string of the molecule is CC(C)C1CNCCN1CCOCC(F)F. The molecule has 1 rings (SSSR count).